The van der Waals surface area contributed by atoms with Crippen LogP contribution < -0.4 is 0 Å². The zero-order chi connectivity index (χ0) is 16.1. The molecule has 2 unspecified atom stereocenters. The maximum Gasteiger partial charge on any atom is 0.298 e. The Bertz CT molecular complexity index is 669. The van der Waals surface area contributed by atoms with E-state index >= 15 is 0 Å². The number of piperidine rings is 1. The first-order chi connectivity index (χ1) is 10.6. The molecule has 0 spiro atoms. The fourth-order valence-electron chi connectivity index (χ4n) is 2.72. The monoisotopic (exact) mass is 300 g/mol. The maximum absolute atomic E-state index is 13.4. The Labute approximate surface area is 129 Å². The summed E-state index contributed by atoms with van der Waals surface area (Å²) in [6.45, 7) is 2.65. The molecule has 2 atom stereocenters. The maximum atomic E-state index is 13.4. The van der Waals surface area contributed by atoms with Gasteiger partial charge in [0.25, 0.3) is 5.91 Å². The lowest BCUT2D eigenvalue weighted by atomic mass is 9.88. The van der Waals surface area contributed by atoms with Gasteiger partial charge < -0.3 is 10.0 Å². The van der Waals surface area contributed by atoms with Crippen LogP contribution in [0.4, 0.5) is 4.39 Å². The first-order valence-electron chi connectivity index (χ1n) is 7.16. The standard InChI is InChI=1S/C17H17FN2O2/c1-2-4-16(21)20-8-3-5-13(11-20)17(22)12-6-7-15(18)14(9-12)10-19/h6-7,9,13,17,22H,3,5,8,11H2,1H3. The van der Waals surface area contributed by atoms with E-state index in [1.807, 2.05) is 0 Å². The molecule has 0 bridgehead atoms. The highest BCUT2D eigenvalue weighted by Crippen LogP contribution is 2.30. The summed E-state index contributed by atoms with van der Waals surface area (Å²) in [5.41, 5.74) is 0.413. The Morgan fingerprint density at radius 3 is 3.00 bits per heavy atom. The summed E-state index contributed by atoms with van der Waals surface area (Å²) in [6, 6.07) is 5.80. The molecule has 114 valence electrons. The van der Waals surface area contributed by atoms with Crippen LogP contribution in [0.2, 0.25) is 0 Å². The van der Waals surface area contributed by atoms with Crippen LogP contribution >= 0.6 is 0 Å². The first kappa shape index (κ1) is 16.0. The quantitative estimate of drug-likeness (QED) is 0.850. The van der Waals surface area contributed by atoms with Crippen LogP contribution in [-0.2, 0) is 4.79 Å². The number of likely N-dealkylation sites (tertiary alicyclic amines) is 1. The molecule has 0 saturated carbocycles. The highest BCUT2D eigenvalue weighted by atomic mass is 19.1. The van der Waals surface area contributed by atoms with Crippen LogP contribution in [0.5, 0.6) is 0 Å². The lowest BCUT2D eigenvalue weighted by Crippen LogP contribution is -2.41. The largest absolute Gasteiger partial charge is 0.388 e. The Morgan fingerprint density at radius 2 is 2.32 bits per heavy atom. The van der Waals surface area contributed by atoms with Gasteiger partial charge in [0.05, 0.1) is 11.7 Å². The Kier molecular flexibility index (Phi) is 5.14. The topological polar surface area (TPSA) is 64.3 Å². The summed E-state index contributed by atoms with van der Waals surface area (Å²) in [4.78, 5) is 13.5. The van der Waals surface area contributed by atoms with Gasteiger partial charge in [-0.3, -0.25) is 4.79 Å². The molecule has 1 amide bonds. The highest BCUT2D eigenvalue weighted by molar-refractivity contribution is 5.93. The highest BCUT2D eigenvalue weighted by Gasteiger charge is 2.29. The Morgan fingerprint density at radius 1 is 1.55 bits per heavy atom. The molecule has 1 saturated heterocycles. The number of nitriles is 1. The van der Waals surface area contributed by atoms with Gasteiger partial charge in [-0.25, -0.2) is 4.39 Å². The molecule has 0 radical (unpaired) electrons. The molecule has 1 N–H and O–H groups in total. The van der Waals surface area contributed by atoms with E-state index in [2.05, 4.69) is 11.8 Å². The van der Waals surface area contributed by atoms with Crippen molar-refractivity contribution in [3.8, 4) is 17.9 Å². The van der Waals surface area contributed by atoms with Crippen molar-refractivity contribution in [2.75, 3.05) is 13.1 Å². The number of carbonyl (C=O) groups is 1. The average molecular weight is 300 g/mol. The fourth-order valence-corrected chi connectivity index (χ4v) is 2.72. The number of hydrogen-bond acceptors (Lipinski definition) is 3. The molecule has 1 aromatic carbocycles. The number of nitrogens with zero attached hydrogens (tertiary/aromatic N) is 2. The van der Waals surface area contributed by atoms with E-state index < -0.39 is 11.9 Å². The van der Waals surface area contributed by atoms with E-state index in [4.69, 9.17) is 5.26 Å². The minimum atomic E-state index is -0.835. The van der Waals surface area contributed by atoms with Gasteiger partial charge in [0.15, 0.2) is 0 Å². The number of aliphatic hydroxyl groups excluding tert-OH is 1. The summed E-state index contributed by atoms with van der Waals surface area (Å²) in [7, 11) is 0. The summed E-state index contributed by atoms with van der Waals surface area (Å²) >= 11 is 0. The van der Waals surface area contributed by atoms with Crippen molar-refractivity contribution in [3.63, 3.8) is 0 Å². The lowest BCUT2D eigenvalue weighted by Gasteiger charge is -2.34. The van der Waals surface area contributed by atoms with E-state index in [0.29, 0.717) is 18.7 Å². The van der Waals surface area contributed by atoms with E-state index in [9.17, 15) is 14.3 Å². The number of benzene rings is 1. The van der Waals surface area contributed by atoms with Crippen LogP contribution in [0.3, 0.4) is 0 Å². The number of amides is 1. The molecule has 1 aliphatic rings. The third-order valence-corrected chi connectivity index (χ3v) is 3.88. The summed E-state index contributed by atoms with van der Waals surface area (Å²) in [5, 5.41) is 19.3. The van der Waals surface area contributed by atoms with Crippen molar-refractivity contribution in [1.82, 2.24) is 4.90 Å². The molecule has 1 aliphatic heterocycles. The lowest BCUT2D eigenvalue weighted by molar-refractivity contribution is -0.127. The van der Waals surface area contributed by atoms with Gasteiger partial charge in [-0.2, -0.15) is 5.26 Å². The predicted molar refractivity (Wildman–Crippen MR) is 78.8 cm³/mol. The van der Waals surface area contributed by atoms with E-state index in [0.717, 1.165) is 12.8 Å². The summed E-state index contributed by atoms with van der Waals surface area (Å²) in [6.07, 6.45) is 0.715. The number of aliphatic hydroxyl groups is 1. The van der Waals surface area contributed by atoms with Crippen LogP contribution in [0, 0.1) is 34.9 Å². The van der Waals surface area contributed by atoms with Crippen LogP contribution in [0.25, 0.3) is 0 Å². The van der Waals surface area contributed by atoms with E-state index in [-0.39, 0.29) is 17.4 Å². The zero-order valence-electron chi connectivity index (χ0n) is 12.3. The van der Waals surface area contributed by atoms with Gasteiger partial charge in [0.1, 0.15) is 11.9 Å². The predicted octanol–water partition coefficient (Wildman–Crippen LogP) is 1.99. The van der Waals surface area contributed by atoms with Crippen LogP contribution in [-0.4, -0.2) is 29.0 Å². The van der Waals surface area contributed by atoms with Crippen molar-refractivity contribution in [2.24, 2.45) is 5.92 Å². The van der Waals surface area contributed by atoms with Crippen LogP contribution in [0.15, 0.2) is 18.2 Å². The summed E-state index contributed by atoms with van der Waals surface area (Å²) < 4.78 is 13.4. The second-order valence-corrected chi connectivity index (χ2v) is 5.32. The van der Waals surface area contributed by atoms with Gasteiger partial charge >= 0.3 is 0 Å². The Balaban J connectivity index is 2.15. The second kappa shape index (κ2) is 7.06. The molecule has 1 fully saturated rings. The number of halogens is 1. The van der Waals surface area contributed by atoms with Crippen molar-refractivity contribution in [2.45, 2.75) is 25.9 Å². The van der Waals surface area contributed by atoms with Crippen LogP contribution in [0.1, 0.15) is 37.0 Å². The molecular weight excluding hydrogens is 283 g/mol. The Hall–Kier alpha value is -2.37. The SMILES string of the molecule is CC#CC(=O)N1CCCC(C(O)c2ccc(F)c(C#N)c2)C1. The minimum Gasteiger partial charge on any atom is -0.388 e. The third kappa shape index (κ3) is 3.44. The van der Waals surface area contributed by atoms with Gasteiger partial charge in [0.2, 0.25) is 0 Å². The zero-order valence-corrected chi connectivity index (χ0v) is 12.3. The first-order valence-corrected chi connectivity index (χ1v) is 7.16. The van der Waals surface area contributed by atoms with Gasteiger partial charge in [0, 0.05) is 19.0 Å². The number of carbonyl (C=O) groups excluding carboxylic acids is 1. The van der Waals surface area contributed by atoms with E-state index in [1.165, 1.54) is 18.2 Å². The van der Waals surface area contributed by atoms with Crippen molar-refractivity contribution < 1.29 is 14.3 Å². The molecule has 0 aromatic heterocycles. The molecule has 4 nitrogen and oxygen atoms in total. The number of rotatable bonds is 2. The minimum absolute atomic E-state index is 0.0860. The molecule has 2 rings (SSSR count). The van der Waals surface area contributed by atoms with Crippen molar-refractivity contribution >= 4 is 5.91 Å². The molecular formula is C17H17FN2O2. The molecule has 1 heterocycles. The van der Waals surface area contributed by atoms with E-state index in [1.54, 1.807) is 17.9 Å². The smallest absolute Gasteiger partial charge is 0.298 e. The molecule has 1 aromatic rings. The average Bonchev–Trinajstić information content (AvgIpc) is 2.55. The van der Waals surface area contributed by atoms with Gasteiger partial charge in [-0.1, -0.05) is 12.0 Å². The van der Waals surface area contributed by atoms with Gasteiger partial charge in [-0.05, 0) is 43.4 Å². The number of hydrogen-bond donors (Lipinski definition) is 1. The fraction of sp³-hybridized carbons (Fsp3) is 0.412. The molecule has 0 aliphatic carbocycles. The van der Waals surface area contributed by atoms with Crippen molar-refractivity contribution in [3.05, 3.63) is 35.1 Å². The third-order valence-electron chi connectivity index (χ3n) is 3.88. The molecule has 5 heteroatoms. The normalized spacial score (nSPS) is 18.8. The molecule has 22 heavy (non-hydrogen) atoms. The second-order valence-electron chi connectivity index (χ2n) is 5.32. The van der Waals surface area contributed by atoms with Crippen molar-refractivity contribution in [1.29, 1.82) is 5.26 Å². The van der Waals surface area contributed by atoms with Gasteiger partial charge in [-0.15, -0.1) is 0 Å². The summed E-state index contributed by atoms with van der Waals surface area (Å²) in [5.74, 6) is 4.10.